The maximum atomic E-state index is 14.5. The highest BCUT2D eigenvalue weighted by molar-refractivity contribution is 5.96. The van der Waals surface area contributed by atoms with Crippen molar-refractivity contribution in [2.75, 3.05) is 26.3 Å². The Morgan fingerprint density at radius 3 is 1.89 bits per heavy atom. The first kappa shape index (κ1) is 56.2. The third-order valence-corrected chi connectivity index (χ3v) is 11.8. The molecule has 6 N–H and O–H groups in total. The first-order valence-corrected chi connectivity index (χ1v) is 24.7. The van der Waals surface area contributed by atoms with Crippen molar-refractivity contribution in [1.82, 2.24) is 31.5 Å². The Balaban J connectivity index is 1.26. The fourth-order valence-electron chi connectivity index (χ4n) is 8.46. The SMILES string of the molecule is C[C@H](NC(=O)OCC1c2ccccc2-c2ccccc21)C(=O)N[C@@H](CCCCNC(=O)OC(C)(C)C)C(=O)N1CCC[C@H]1C(=O)N[C@@H](COC(C)(C)C)C(=O)N[C@@H](Cc1ccc(OC(C)(C)C)cc1)C(=O)O. The van der Waals surface area contributed by atoms with Crippen molar-refractivity contribution in [3.8, 4) is 16.9 Å². The molecule has 1 aliphatic carbocycles. The van der Waals surface area contributed by atoms with Crippen LogP contribution in [0.5, 0.6) is 5.75 Å². The zero-order valence-electron chi connectivity index (χ0n) is 43.3. The summed E-state index contributed by atoms with van der Waals surface area (Å²) >= 11 is 0. The van der Waals surface area contributed by atoms with Gasteiger partial charge in [0.05, 0.1) is 12.2 Å². The van der Waals surface area contributed by atoms with Gasteiger partial charge in [-0.15, -0.1) is 0 Å². The van der Waals surface area contributed by atoms with E-state index in [9.17, 15) is 38.7 Å². The average molecular weight is 999 g/mol. The molecule has 5 rings (SSSR count). The molecular formula is C54H74N6O12. The van der Waals surface area contributed by atoms with Crippen molar-refractivity contribution in [1.29, 1.82) is 0 Å². The molecule has 2 aliphatic rings. The lowest BCUT2D eigenvalue weighted by Gasteiger charge is -2.31. The molecule has 3 aromatic rings. The molecule has 1 heterocycles. The Hall–Kier alpha value is -6.69. The van der Waals surface area contributed by atoms with Crippen LogP contribution in [0.2, 0.25) is 0 Å². The number of alkyl carbamates (subject to hydrolysis) is 2. The van der Waals surface area contributed by atoms with Gasteiger partial charge in [0, 0.05) is 25.4 Å². The van der Waals surface area contributed by atoms with Crippen molar-refractivity contribution in [3.05, 3.63) is 89.5 Å². The van der Waals surface area contributed by atoms with Crippen LogP contribution in [0, 0.1) is 0 Å². The minimum Gasteiger partial charge on any atom is -0.488 e. The lowest BCUT2D eigenvalue weighted by Crippen LogP contribution is -2.59. The summed E-state index contributed by atoms with van der Waals surface area (Å²) < 4.78 is 22.8. The molecule has 1 fully saturated rings. The van der Waals surface area contributed by atoms with Crippen LogP contribution in [0.25, 0.3) is 11.1 Å². The standard InChI is InChI=1S/C54H74N6O12/c1-33(56-51(68)69-31-40-38-20-13-11-18-36(38)37-19-12-14-21-39(37)40)45(61)57-41(22-15-16-28-55-50(67)72-54(8,9)10)48(64)60-29-17-23-44(60)47(63)59-43(32-70-52(2,3)4)46(62)58-42(49(65)66)30-34-24-26-35(27-25-34)71-53(5,6)7/h11-14,18-21,24-27,33,40-44H,15-17,22-23,28-32H2,1-10H3,(H,55,67)(H,56,68)(H,57,61)(H,58,62)(H,59,63)(H,65,66)/t33-,41-,42-,43-,44-/m0/s1. The van der Waals surface area contributed by atoms with Crippen molar-refractivity contribution < 1.29 is 57.6 Å². The van der Waals surface area contributed by atoms with Gasteiger partial charge in [0.2, 0.25) is 23.6 Å². The molecule has 72 heavy (non-hydrogen) atoms. The van der Waals surface area contributed by atoms with E-state index in [0.717, 1.165) is 22.3 Å². The van der Waals surface area contributed by atoms with E-state index < -0.39 is 88.8 Å². The summed E-state index contributed by atoms with van der Waals surface area (Å²) in [6.07, 6.45) is 0.0582. The number of ether oxygens (including phenoxy) is 4. The third kappa shape index (κ3) is 17.0. The number of fused-ring (bicyclic) bond motifs is 3. The summed E-state index contributed by atoms with van der Waals surface area (Å²) in [6.45, 7) is 17.8. The molecule has 6 amide bonds. The number of rotatable bonds is 21. The van der Waals surface area contributed by atoms with Crippen molar-refractivity contribution in [2.45, 2.75) is 161 Å². The molecule has 5 atom stereocenters. The van der Waals surface area contributed by atoms with Gasteiger partial charge in [0.25, 0.3) is 0 Å². The molecule has 18 heteroatoms. The molecule has 0 unspecified atom stereocenters. The van der Waals surface area contributed by atoms with Crippen LogP contribution < -0.4 is 31.3 Å². The van der Waals surface area contributed by atoms with Gasteiger partial charge >= 0.3 is 18.2 Å². The fourth-order valence-corrected chi connectivity index (χ4v) is 8.46. The summed E-state index contributed by atoms with van der Waals surface area (Å²) in [7, 11) is 0. The summed E-state index contributed by atoms with van der Waals surface area (Å²) in [5.41, 5.74) is 2.92. The van der Waals surface area contributed by atoms with Crippen molar-refractivity contribution in [3.63, 3.8) is 0 Å². The fraction of sp³-hybridized carbons (Fsp3) is 0.537. The van der Waals surface area contributed by atoms with Gasteiger partial charge in [-0.3, -0.25) is 19.2 Å². The maximum Gasteiger partial charge on any atom is 0.407 e. The van der Waals surface area contributed by atoms with Crippen LogP contribution in [-0.2, 0) is 44.6 Å². The van der Waals surface area contributed by atoms with Gasteiger partial charge in [0.15, 0.2) is 0 Å². The van der Waals surface area contributed by atoms with Gasteiger partial charge in [-0.05, 0) is 141 Å². The lowest BCUT2D eigenvalue weighted by atomic mass is 9.98. The minimum absolute atomic E-state index is 0.0264. The number of unbranched alkanes of at least 4 members (excludes halogenated alkanes) is 1. The van der Waals surface area contributed by atoms with E-state index in [-0.39, 0.29) is 51.5 Å². The molecule has 392 valence electrons. The second-order valence-corrected chi connectivity index (χ2v) is 21.3. The van der Waals surface area contributed by atoms with Crippen molar-refractivity contribution in [2.24, 2.45) is 0 Å². The predicted molar refractivity (Wildman–Crippen MR) is 270 cm³/mol. The van der Waals surface area contributed by atoms with Crippen LogP contribution >= 0.6 is 0 Å². The van der Waals surface area contributed by atoms with Crippen LogP contribution in [0.3, 0.4) is 0 Å². The number of nitrogens with zero attached hydrogens (tertiary/aromatic N) is 1. The van der Waals surface area contributed by atoms with E-state index >= 15 is 0 Å². The van der Waals surface area contributed by atoms with E-state index in [2.05, 4.69) is 26.6 Å². The minimum atomic E-state index is -1.37. The van der Waals surface area contributed by atoms with Crippen LogP contribution in [0.4, 0.5) is 9.59 Å². The Labute approximate surface area is 423 Å². The number of carboxylic acids is 1. The summed E-state index contributed by atoms with van der Waals surface area (Å²) in [5, 5.41) is 23.5. The number of aliphatic carboxylic acids is 1. The Bertz CT molecular complexity index is 2340. The largest absolute Gasteiger partial charge is 0.488 e. The zero-order chi connectivity index (χ0) is 53.0. The van der Waals surface area contributed by atoms with E-state index in [0.29, 0.717) is 30.6 Å². The molecule has 1 saturated heterocycles. The Morgan fingerprint density at radius 1 is 0.694 bits per heavy atom. The number of carbonyl (C=O) groups excluding carboxylic acids is 6. The Kier molecular flexibility index (Phi) is 19.2. The quantitative estimate of drug-likeness (QED) is 0.0638. The van der Waals surface area contributed by atoms with Gasteiger partial charge in [-0.2, -0.15) is 0 Å². The van der Waals surface area contributed by atoms with Gasteiger partial charge < -0.3 is 55.5 Å². The maximum absolute atomic E-state index is 14.5. The molecular weight excluding hydrogens is 925 g/mol. The number of likely N-dealkylation sites (tertiary alicyclic amines) is 1. The monoisotopic (exact) mass is 999 g/mol. The first-order valence-electron chi connectivity index (χ1n) is 24.7. The smallest absolute Gasteiger partial charge is 0.407 e. The predicted octanol–water partition coefficient (Wildman–Crippen LogP) is 6.37. The van der Waals surface area contributed by atoms with E-state index in [4.69, 9.17) is 18.9 Å². The third-order valence-electron chi connectivity index (χ3n) is 11.8. The molecule has 0 bridgehead atoms. The number of hydrogen-bond donors (Lipinski definition) is 6. The summed E-state index contributed by atoms with van der Waals surface area (Å²) in [5.74, 6) is -3.60. The Morgan fingerprint density at radius 2 is 1.31 bits per heavy atom. The second-order valence-electron chi connectivity index (χ2n) is 21.3. The van der Waals surface area contributed by atoms with Crippen LogP contribution in [0.15, 0.2) is 72.8 Å². The molecule has 3 aromatic carbocycles. The number of carboxylic acid groups (broad SMARTS) is 1. The van der Waals surface area contributed by atoms with E-state index in [1.54, 1.807) is 65.8 Å². The number of amides is 6. The van der Waals surface area contributed by atoms with Gasteiger partial charge in [-0.25, -0.2) is 14.4 Å². The number of nitrogens with one attached hydrogen (secondary N) is 5. The topological polar surface area (TPSA) is 240 Å². The van der Waals surface area contributed by atoms with Gasteiger partial charge in [0.1, 0.15) is 53.8 Å². The van der Waals surface area contributed by atoms with Gasteiger partial charge in [-0.1, -0.05) is 60.7 Å². The molecule has 0 radical (unpaired) electrons. The number of hydrogen-bond acceptors (Lipinski definition) is 11. The number of carbonyl (C=O) groups is 7. The van der Waals surface area contributed by atoms with E-state index in [1.807, 2.05) is 69.3 Å². The lowest BCUT2D eigenvalue weighted by molar-refractivity contribution is -0.144. The molecule has 0 aromatic heterocycles. The zero-order valence-corrected chi connectivity index (χ0v) is 43.3. The summed E-state index contributed by atoms with van der Waals surface area (Å²) in [4.78, 5) is 95.8. The molecule has 0 spiro atoms. The highest BCUT2D eigenvalue weighted by Crippen LogP contribution is 2.44. The highest BCUT2D eigenvalue weighted by atomic mass is 16.6. The second kappa shape index (κ2) is 24.6. The van der Waals surface area contributed by atoms with E-state index in [1.165, 1.54) is 11.8 Å². The highest BCUT2D eigenvalue weighted by Gasteiger charge is 2.40. The summed E-state index contributed by atoms with van der Waals surface area (Å²) in [6, 6.07) is 16.6. The normalized spacial score (nSPS) is 16.2. The average Bonchev–Trinajstić information content (AvgIpc) is 3.91. The van der Waals surface area contributed by atoms with Crippen molar-refractivity contribution >= 4 is 41.8 Å². The van der Waals surface area contributed by atoms with Crippen LogP contribution in [0.1, 0.15) is 124 Å². The molecule has 0 saturated carbocycles. The molecule has 1 aliphatic heterocycles. The first-order chi connectivity index (χ1) is 33.8. The molecule has 18 nitrogen and oxygen atoms in total. The number of benzene rings is 3. The van der Waals surface area contributed by atoms with Crippen LogP contribution in [-0.4, -0.2) is 125 Å².